The number of rotatable bonds is 3. The first-order valence-corrected chi connectivity index (χ1v) is 6.31. The molecule has 0 saturated carbocycles. The molecular formula is C12H10Cl2N2O3. The lowest BCUT2D eigenvalue weighted by molar-refractivity contribution is -0.135. The number of nitrogens with zero attached hydrogens (tertiary/aromatic N) is 2. The number of esters is 1. The third-order valence-electron chi connectivity index (χ3n) is 2.42. The Bertz CT molecular complexity index is 572. The molecule has 1 aromatic carbocycles. The van der Waals surface area contributed by atoms with Gasteiger partial charge in [-0.25, -0.2) is 4.79 Å². The molecule has 1 aromatic rings. The minimum absolute atomic E-state index is 0.0675. The summed E-state index contributed by atoms with van der Waals surface area (Å²) in [5.74, 6) is -0.935. The number of carbonyl (C=O) groups excluding carboxylic acids is 2. The van der Waals surface area contributed by atoms with Gasteiger partial charge in [0.05, 0.1) is 23.7 Å². The Hall–Kier alpha value is -1.59. The summed E-state index contributed by atoms with van der Waals surface area (Å²) in [6.07, 6.45) is -0.0994. The van der Waals surface area contributed by atoms with Crippen LogP contribution in [0.1, 0.15) is 13.3 Å². The zero-order valence-electron chi connectivity index (χ0n) is 10.0. The zero-order valence-corrected chi connectivity index (χ0v) is 11.5. The predicted octanol–water partition coefficient (Wildman–Crippen LogP) is 2.65. The first kappa shape index (κ1) is 13.8. The molecular weight excluding hydrogens is 291 g/mol. The summed E-state index contributed by atoms with van der Waals surface area (Å²) in [6, 6.07) is 4.66. The van der Waals surface area contributed by atoms with Crippen molar-refractivity contribution in [1.82, 2.24) is 0 Å². The molecule has 19 heavy (non-hydrogen) atoms. The van der Waals surface area contributed by atoms with Crippen LogP contribution in [0.15, 0.2) is 23.3 Å². The third-order valence-corrected chi connectivity index (χ3v) is 2.96. The van der Waals surface area contributed by atoms with Gasteiger partial charge in [0.25, 0.3) is 5.91 Å². The van der Waals surface area contributed by atoms with E-state index in [2.05, 4.69) is 5.10 Å². The van der Waals surface area contributed by atoms with E-state index in [9.17, 15) is 9.59 Å². The molecule has 0 aliphatic carbocycles. The normalized spacial score (nSPS) is 14.6. The summed E-state index contributed by atoms with van der Waals surface area (Å²) in [5, 5.41) is 5.78. The Balaban J connectivity index is 2.30. The second-order valence-corrected chi connectivity index (χ2v) is 4.59. The van der Waals surface area contributed by atoms with Crippen molar-refractivity contribution in [3.8, 4) is 0 Å². The Labute approximate surface area is 119 Å². The van der Waals surface area contributed by atoms with Crippen molar-refractivity contribution >= 4 is 46.5 Å². The molecule has 0 fully saturated rings. The van der Waals surface area contributed by atoms with Crippen molar-refractivity contribution in [2.24, 2.45) is 5.10 Å². The SMILES string of the molecule is CCOC(=O)C1=NN(c2ccc(Cl)cc2Cl)C(=O)C1. The zero-order chi connectivity index (χ0) is 14.0. The molecule has 0 aromatic heterocycles. The van der Waals surface area contributed by atoms with Gasteiger partial charge >= 0.3 is 5.97 Å². The molecule has 0 bridgehead atoms. The fraction of sp³-hybridized carbons (Fsp3) is 0.250. The first-order chi connectivity index (χ1) is 9.02. The second-order valence-electron chi connectivity index (χ2n) is 3.75. The second kappa shape index (κ2) is 5.59. The number of hydrogen-bond acceptors (Lipinski definition) is 4. The predicted molar refractivity (Wildman–Crippen MR) is 72.6 cm³/mol. The minimum Gasteiger partial charge on any atom is -0.461 e. The van der Waals surface area contributed by atoms with Crippen LogP contribution >= 0.6 is 23.2 Å². The van der Waals surface area contributed by atoms with Gasteiger partial charge in [-0.05, 0) is 25.1 Å². The number of benzene rings is 1. The Morgan fingerprint density at radius 2 is 2.21 bits per heavy atom. The maximum atomic E-state index is 11.8. The largest absolute Gasteiger partial charge is 0.461 e. The standard InChI is InChI=1S/C12H10Cl2N2O3/c1-2-19-12(18)9-6-11(17)16(15-9)10-4-3-7(13)5-8(10)14/h3-5H,2,6H2,1H3. The van der Waals surface area contributed by atoms with Crippen LogP contribution in [0, 0.1) is 0 Å². The van der Waals surface area contributed by atoms with Crippen molar-refractivity contribution in [2.75, 3.05) is 11.6 Å². The van der Waals surface area contributed by atoms with Gasteiger partial charge in [0.2, 0.25) is 0 Å². The van der Waals surface area contributed by atoms with Crippen LogP contribution in [-0.2, 0) is 14.3 Å². The molecule has 0 unspecified atom stereocenters. The number of hydrazone groups is 1. The quantitative estimate of drug-likeness (QED) is 0.806. The van der Waals surface area contributed by atoms with Crippen molar-refractivity contribution in [3.05, 3.63) is 28.2 Å². The van der Waals surface area contributed by atoms with E-state index in [1.54, 1.807) is 19.1 Å². The van der Waals surface area contributed by atoms with Gasteiger partial charge in [-0.3, -0.25) is 4.79 Å². The molecule has 0 saturated heterocycles. The van der Waals surface area contributed by atoms with Crippen LogP contribution < -0.4 is 5.01 Å². The summed E-state index contributed by atoms with van der Waals surface area (Å²) < 4.78 is 4.80. The minimum atomic E-state index is -0.594. The van der Waals surface area contributed by atoms with Crippen molar-refractivity contribution in [2.45, 2.75) is 13.3 Å². The van der Waals surface area contributed by atoms with Crippen LogP contribution in [0.3, 0.4) is 0 Å². The average Bonchev–Trinajstić information content (AvgIpc) is 2.72. The maximum absolute atomic E-state index is 11.8. The van der Waals surface area contributed by atoms with Gasteiger partial charge in [-0.15, -0.1) is 0 Å². The number of halogens is 2. The van der Waals surface area contributed by atoms with Gasteiger partial charge in [-0.2, -0.15) is 10.1 Å². The van der Waals surface area contributed by atoms with Crippen molar-refractivity contribution in [1.29, 1.82) is 0 Å². The smallest absolute Gasteiger partial charge is 0.355 e. The summed E-state index contributed by atoms with van der Waals surface area (Å²) in [6.45, 7) is 1.91. The van der Waals surface area contributed by atoms with E-state index in [4.69, 9.17) is 27.9 Å². The van der Waals surface area contributed by atoms with E-state index in [0.29, 0.717) is 10.7 Å². The molecule has 1 amide bonds. The van der Waals surface area contributed by atoms with Crippen LogP contribution in [0.5, 0.6) is 0 Å². The number of ether oxygens (including phenoxy) is 1. The highest BCUT2D eigenvalue weighted by Crippen LogP contribution is 2.31. The molecule has 1 heterocycles. The van der Waals surface area contributed by atoms with E-state index in [1.807, 2.05) is 0 Å². The molecule has 0 radical (unpaired) electrons. The van der Waals surface area contributed by atoms with Crippen LogP contribution in [0.4, 0.5) is 5.69 Å². The average molecular weight is 301 g/mol. The van der Waals surface area contributed by atoms with Crippen LogP contribution in [-0.4, -0.2) is 24.2 Å². The van der Waals surface area contributed by atoms with Gasteiger partial charge in [0.15, 0.2) is 5.71 Å². The number of anilines is 1. The monoisotopic (exact) mass is 300 g/mol. The van der Waals surface area contributed by atoms with E-state index < -0.39 is 5.97 Å². The van der Waals surface area contributed by atoms with E-state index in [1.165, 1.54) is 6.07 Å². The molecule has 0 spiro atoms. The van der Waals surface area contributed by atoms with Gasteiger partial charge in [0, 0.05) is 5.02 Å². The Morgan fingerprint density at radius 1 is 1.47 bits per heavy atom. The third kappa shape index (κ3) is 2.88. The number of carbonyl (C=O) groups is 2. The summed E-state index contributed by atoms with van der Waals surface area (Å²) >= 11 is 11.8. The molecule has 5 nitrogen and oxygen atoms in total. The van der Waals surface area contributed by atoms with Gasteiger partial charge < -0.3 is 4.74 Å². The molecule has 7 heteroatoms. The summed E-state index contributed by atoms with van der Waals surface area (Å²) in [4.78, 5) is 23.4. The fourth-order valence-corrected chi connectivity index (χ4v) is 2.09. The van der Waals surface area contributed by atoms with Gasteiger partial charge in [0.1, 0.15) is 0 Å². The highest BCUT2D eigenvalue weighted by molar-refractivity contribution is 6.43. The van der Waals surface area contributed by atoms with Crippen molar-refractivity contribution < 1.29 is 14.3 Å². The van der Waals surface area contributed by atoms with Gasteiger partial charge in [-0.1, -0.05) is 23.2 Å². The highest BCUT2D eigenvalue weighted by atomic mass is 35.5. The molecule has 1 aliphatic rings. The fourth-order valence-electron chi connectivity index (χ4n) is 1.60. The molecule has 0 atom stereocenters. The molecule has 1 aliphatic heterocycles. The lowest BCUT2D eigenvalue weighted by atomic mass is 10.2. The maximum Gasteiger partial charge on any atom is 0.355 e. The van der Waals surface area contributed by atoms with E-state index in [-0.39, 0.29) is 29.7 Å². The number of amides is 1. The Morgan fingerprint density at radius 3 is 2.84 bits per heavy atom. The van der Waals surface area contributed by atoms with E-state index in [0.717, 1.165) is 5.01 Å². The lowest BCUT2D eigenvalue weighted by Crippen LogP contribution is -2.20. The first-order valence-electron chi connectivity index (χ1n) is 5.55. The highest BCUT2D eigenvalue weighted by Gasteiger charge is 2.31. The van der Waals surface area contributed by atoms with E-state index >= 15 is 0 Å². The summed E-state index contributed by atoms with van der Waals surface area (Å²) in [5.41, 5.74) is 0.452. The summed E-state index contributed by atoms with van der Waals surface area (Å²) in [7, 11) is 0. The molecule has 2 rings (SSSR count). The van der Waals surface area contributed by atoms with Crippen LogP contribution in [0.2, 0.25) is 10.0 Å². The van der Waals surface area contributed by atoms with Crippen LogP contribution in [0.25, 0.3) is 0 Å². The Kier molecular flexibility index (Phi) is 4.07. The van der Waals surface area contributed by atoms with Crippen molar-refractivity contribution in [3.63, 3.8) is 0 Å². The molecule has 0 N–H and O–H groups in total. The molecule has 100 valence electrons. The number of hydrogen-bond donors (Lipinski definition) is 0. The topological polar surface area (TPSA) is 59.0 Å². The lowest BCUT2D eigenvalue weighted by Gasteiger charge is -2.13.